The smallest absolute Gasteiger partial charge is 0.313 e. The van der Waals surface area contributed by atoms with E-state index in [0.29, 0.717) is 18.5 Å². The Morgan fingerprint density at radius 3 is 2.79 bits per heavy atom. The third-order valence-electron chi connectivity index (χ3n) is 4.64. The van der Waals surface area contributed by atoms with Crippen LogP contribution in [0.4, 0.5) is 5.69 Å². The van der Waals surface area contributed by atoms with Gasteiger partial charge in [0.1, 0.15) is 0 Å². The number of carbonyl (C=O) groups is 3. The fourth-order valence-electron chi connectivity index (χ4n) is 3.29. The number of hydrogen-bond acceptors (Lipinski definition) is 5. The lowest BCUT2D eigenvalue weighted by molar-refractivity contribution is -0.145. The molecule has 0 unspecified atom stereocenters. The van der Waals surface area contributed by atoms with Crippen LogP contribution in [0, 0.1) is 11.3 Å². The molecule has 0 spiro atoms. The zero-order valence-electron chi connectivity index (χ0n) is 15.1. The molecule has 142 valence electrons. The molecule has 3 rings (SSSR count). The lowest BCUT2D eigenvalue weighted by Crippen LogP contribution is -2.44. The first-order chi connectivity index (χ1) is 13.5. The summed E-state index contributed by atoms with van der Waals surface area (Å²) in [5, 5.41) is 11.6. The summed E-state index contributed by atoms with van der Waals surface area (Å²) >= 11 is 0. The van der Waals surface area contributed by atoms with Crippen molar-refractivity contribution in [2.45, 2.75) is 25.3 Å². The number of nitrogens with one attached hydrogen (secondary N) is 1. The Morgan fingerprint density at radius 1 is 1.21 bits per heavy atom. The van der Waals surface area contributed by atoms with Crippen LogP contribution in [-0.4, -0.2) is 34.2 Å². The van der Waals surface area contributed by atoms with Crippen molar-refractivity contribution in [2.24, 2.45) is 5.73 Å². The van der Waals surface area contributed by atoms with Crippen LogP contribution >= 0.6 is 0 Å². The van der Waals surface area contributed by atoms with E-state index < -0.39 is 17.7 Å². The SMILES string of the molecule is N#Cc1cccc([C@@H]2CCCCN2C(=O)C(=O)Nc2cncc(C(N)=O)c2)c1. The Morgan fingerprint density at radius 2 is 2.04 bits per heavy atom. The number of anilines is 1. The molecular weight excluding hydrogens is 358 g/mol. The van der Waals surface area contributed by atoms with Crippen LogP contribution in [0.2, 0.25) is 0 Å². The van der Waals surface area contributed by atoms with Gasteiger partial charge in [-0.05, 0) is 43.0 Å². The van der Waals surface area contributed by atoms with Crippen molar-refractivity contribution in [1.82, 2.24) is 9.88 Å². The minimum Gasteiger partial charge on any atom is -0.366 e. The average Bonchev–Trinajstić information content (AvgIpc) is 2.73. The number of aromatic nitrogens is 1. The number of rotatable bonds is 3. The van der Waals surface area contributed by atoms with E-state index in [4.69, 9.17) is 11.0 Å². The predicted molar refractivity (Wildman–Crippen MR) is 101 cm³/mol. The second kappa shape index (κ2) is 8.31. The van der Waals surface area contributed by atoms with E-state index in [0.717, 1.165) is 18.4 Å². The van der Waals surface area contributed by atoms with E-state index in [1.165, 1.54) is 23.4 Å². The van der Waals surface area contributed by atoms with E-state index in [2.05, 4.69) is 16.4 Å². The predicted octanol–water partition coefficient (Wildman–Crippen LogP) is 1.74. The van der Waals surface area contributed by atoms with Gasteiger partial charge in [0.2, 0.25) is 5.91 Å². The standard InChI is InChI=1S/C20H19N5O3/c21-10-13-4-3-5-14(8-13)17-6-1-2-7-25(17)20(28)19(27)24-16-9-15(18(22)26)11-23-12-16/h3-5,8-9,11-12,17H,1-2,6-7H2,(H2,22,26)(H,24,27)/t17-/m0/s1. The van der Waals surface area contributed by atoms with Crippen molar-refractivity contribution < 1.29 is 14.4 Å². The number of amides is 3. The average molecular weight is 377 g/mol. The first-order valence-corrected chi connectivity index (χ1v) is 8.86. The lowest BCUT2D eigenvalue weighted by Gasteiger charge is -2.35. The second-order valence-electron chi connectivity index (χ2n) is 6.53. The third-order valence-corrected chi connectivity index (χ3v) is 4.64. The van der Waals surface area contributed by atoms with Crippen LogP contribution in [0.25, 0.3) is 0 Å². The number of hydrogen-bond donors (Lipinski definition) is 2. The molecule has 2 aromatic rings. The van der Waals surface area contributed by atoms with Gasteiger partial charge >= 0.3 is 11.8 Å². The van der Waals surface area contributed by atoms with Crippen LogP contribution in [0.15, 0.2) is 42.7 Å². The number of carbonyl (C=O) groups excluding carboxylic acids is 3. The third kappa shape index (κ3) is 4.15. The van der Waals surface area contributed by atoms with Crippen LogP contribution in [0.5, 0.6) is 0 Å². The second-order valence-corrected chi connectivity index (χ2v) is 6.53. The van der Waals surface area contributed by atoms with Gasteiger partial charge in [-0.25, -0.2) is 0 Å². The van der Waals surface area contributed by atoms with Crippen LogP contribution < -0.4 is 11.1 Å². The number of likely N-dealkylation sites (tertiary alicyclic amines) is 1. The Hall–Kier alpha value is -3.73. The summed E-state index contributed by atoms with van der Waals surface area (Å²) in [6.07, 6.45) is 5.06. The lowest BCUT2D eigenvalue weighted by atomic mass is 9.94. The van der Waals surface area contributed by atoms with Gasteiger partial charge in [0, 0.05) is 12.7 Å². The molecule has 1 fully saturated rings. The van der Waals surface area contributed by atoms with E-state index in [-0.39, 0.29) is 17.3 Å². The van der Waals surface area contributed by atoms with E-state index in [1.807, 2.05) is 6.07 Å². The molecule has 1 aromatic carbocycles. The minimum absolute atomic E-state index is 0.134. The topological polar surface area (TPSA) is 129 Å². The maximum atomic E-state index is 12.8. The van der Waals surface area contributed by atoms with Gasteiger partial charge in [0.25, 0.3) is 0 Å². The molecule has 8 nitrogen and oxygen atoms in total. The minimum atomic E-state index is -0.813. The highest BCUT2D eigenvalue weighted by Crippen LogP contribution is 2.31. The van der Waals surface area contributed by atoms with Crippen LogP contribution in [0.3, 0.4) is 0 Å². The highest BCUT2D eigenvalue weighted by molar-refractivity contribution is 6.39. The van der Waals surface area contributed by atoms with Gasteiger partial charge in [-0.15, -0.1) is 0 Å². The van der Waals surface area contributed by atoms with Gasteiger partial charge in [0.05, 0.1) is 35.1 Å². The van der Waals surface area contributed by atoms with Crippen molar-refractivity contribution in [3.63, 3.8) is 0 Å². The number of nitrogens with two attached hydrogens (primary N) is 1. The Kier molecular flexibility index (Phi) is 5.65. The first kappa shape index (κ1) is 19.0. The number of piperidine rings is 1. The van der Waals surface area contributed by atoms with Gasteiger partial charge in [-0.2, -0.15) is 5.26 Å². The molecule has 2 heterocycles. The van der Waals surface area contributed by atoms with Crippen molar-refractivity contribution >= 4 is 23.4 Å². The van der Waals surface area contributed by atoms with Crippen molar-refractivity contribution in [3.05, 3.63) is 59.4 Å². The zero-order valence-corrected chi connectivity index (χ0v) is 15.1. The quantitative estimate of drug-likeness (QED) is 0.787. The van der Waals surface area contributed by atoms with Gasteiger partial charge in [-0.3, -0.25) is 19.4 Å². The molecule has 1 aliphatic heterocycles. The fourth-order valence-corrected chi connectivity index (χ4v) is 3.29. The number of nitrogens with zero attached hydrogens (tertiary/aromatic N) is 3. The van der Waals surface area contributed by atoms with Crippen LogP contribution in [0.1, 0.15) is 46.8 Å². The molecule has 1 aromatic heterocycles. The summed E-state index contributed by atoms with van der Waals surface area (Å²) in [5.74, 6) is -2.16. The number of pyridine rings is 1. The summed E-state index contributed by atoms with van der Waals surface area (Å²) in [7, 11) is 0. The molecule has 0 aliphatic carbocycles. The summed E-state index contributed by atoms with van der Waals surface area (Å²) in [4.78, 5) is 41.9. The van der Waals surface area contributed by atoms with E-state index in [1.54, 1.807) is 18.2 Å². The summed E-state index contributed by atoms with van der Waals surface area (Å²) < 4.78 is 0. The summed E-state index contributed by atoms with van der Waals surface area (Å²) in [6.45, 7) is 0.452. The molecule has 1 aliphatic rings. The molecule has 3 amide bonds. The maximum absolute atomic E-state index is 12.8. The number of benzene rings is 1. The van der Waals surface area contributed by atoms with Crippen molar-refractivity contribution in [3.8, 4) is 6.07 Å². The van der Waals surface area contributed by atoms with Crippen molar-refractivity contribution in [1.29, 1.82) is 5.26 Å². The molecule has 0 bridgehead atoms. The van der Waals surface area contributed by atoms with E-state index in [9.17, 15) is 14.4 Å². The highest BCUT2D eigenvalue weighted by atomic mass is 16.2. The molecule has 0 saturated carbocycles. The monoisotopic (exact) mass is 377 g/mol. The Labute approximate surface area is 162 Å². The fraction of sp³-hybridized carbons (Fsp3) is 0.250. The van der Waals surface area contributed by atoms with Gasteiger partial charge < -0.3 is 16.0 Å². The summed E-state index contributed by atoms with van der Waals surface area (Å²) in [6, 6.07) is 10.3. The Bertz CT molecular complexity index is 966. The molecule has 8 heteroatoms. The molecule has 1 saturated heterocycles. The Balaban J connectivity index is 1.78. The van der Waals surface area contributed by atoms with Gasteiger partial charge in [-0.1, -0.05) is 12.1 Å². The summed E-state index contributed by atoms with van der Waals surface area (Å²) in [5.41, 5.74) is 6.90. The number of nitriles is 1. The molecule has 28 heavy (non-hydrogen) atoms. The zero-order chi connectivity index (χ0) is 20.1. The molecule has 3 N–H and O–H groups in total. The largest absolute Gasteiger partial charge is 0.366 e. The van der Waals surface area contributed by atoms with Gasteiger partial charge in [0.15, 0.2) is 0 Å². The van der Waals surface area contributed by atoms with E-state index >= 15 is 0 Å². The number of primary amides is 1. The molecular formula is C20H19N5O3. The highest BCUT2D eigenvalue weighted by Gasteiger charge is 2.32. The maximum Gasteiger partial charge on any atom is 0.313 e. The normalized spacial score (nSPS) is 16.1. The van der Waals surface area contributed by atoms with Crippen LogP contribution in [-0.2, 0) is 9.59 Å². The molecule has 1 atom stereocenters. The molecule has 0 radical (unpaired) electrons. The first-order valence-electron chi connectivity index (χ1n) is 8.86. The van der Waals surface area contributed by atoms with Crippen molar-refractivity contribution in [2.75, 3.05) is 11.9 Å².